The van der Waals surface area contributed by atoms with Crippen LogP contribution in [0.3, 0.4) is 0 Å². The van der Waals surface area contributed by atoms with Crippen LogP contribution in [-0.4, -0.2) is 4.57 Å². The zero-order valence-corrected chi connectivity index (χ0v) is 62.3. The molecule has 12 rings (SSSR count). The molecule has 0 spiro atoms. The molecule has 0 saturated carbocycles. The van der Waals surface area contributed by atoms with Gasteiger partial charge in [0.2, 0.25) is 0 Å². The first-order valence-corrected chi connectivity index (χ1v) is 39.0. The molecule has 0 amide bonds. The monoisotopic (exact) mass is 1320 g/mol. The Morgan fingerprint density at radius 3 is 1.33 bits per heavy atom. The third-order valence-corrected chi connectivity index (χ3v) is 22.1. The van der Waals surface area contributed by atoms with Crippen molar-refractivity contribution in [2.75, 3.05) is 9.80 Å². The maximum Gasteiger partial charge on any atom is 0.0547 e. The van der Waals surface area contributed by atoms with E-state index in [2.05, 4.69) is 296 Å². The molecule has 0 atom stereocenters. The molecule has 0 radical (unpaired) electrons. The van der Waals surface area contributed by atoms with Crippen LogP contribution < -0.4 is 9.80 Å². The molecule has 1 aliphatic carbocycles. The first-order valence-electron chi connectivity index (χ1n) is 39.0. The van der Waals surface area contributed by atoms with Crippen molar-refractivity contribution in [2.45, 2.75) is 227 Å². The van der Waals surface area contributed by atoms with Gasteiger partial charge < -0.3 is 14.4 Å². The molecule has 10 aromatic carbocycles. The summed E-state index contributed by atoms with van der Waals surface area (Å²) in [6.45, 7) is 24.8. The van der Waals surface area contributed by atoms with Crippen molar-refractivity contribution >= 4 is 62.0 Å². The SMILES string of the molecule is C=Cc1ccc(N(c2ccc(C)cc2)c2ccc(-c3ccc(N(c4ccc(-c5cc(CCCCCC)c(-n6c7ccccc7c7cc8c(cc76)-c6ccc(C)cc6C8(CCCCCCCC)CCCCCCCC)cc5CCCCCC)cc4)c4ccc(C(C)(C)C)cc4)cc3)cc2)cc1. The first-order chi connectivity index (χ1) is 48.8. The summed E-state index contributed by atoms with van der Waals surface area (Å²) in [5.41, 5.74) is 29.9. The minimum atomic E-state index is 0.0102. The van der Waals surface area contributed by atoms with Gasteiger partial charge in [-0.2, -0.15) is 0 Å². The molecular formula is C97H113N3. The lowest BCUT2D eigenvalue weighted by Crippen LogP contribution is -2.25. The summed E-state index contributed by atoms with van der Waals surface area (Å²) < 4.78 is 2.73. The lowest BCUT2D eigenvalue weighted by molar-refractivity contribution is 0.398. The average molecular weight is 1320 g/mol. The highest BCUT2D eigenvalue weighted by Crippen LogP contribution is 2.57. The summed E-state index contributed by atoms with van der Waals surface area (Å²) in [6, 6.07) is 82.2. The van der Waals surface area contributed by atoms with E-state index in [9.17, 15) is 0 Å². The van der Waals surface area contributed by atoms with E-state index in [-0.39, 0.29) is 10.8 Å². The highest BCUT2D eigenvalue weighted by Gasteiger charge is 2.43. The molecule has 3 heteroatoms. The summed E-state index contributed by atoms with van der Waals surface area (Å²) >= 11 is 0. The van der Waals surface area contributed by atoms with Crippen molar-refractivity contribution < 1.29 is 0 Å². The molecule has 100 heavy (non-hydrogen) atoms. The van der Waals surface area contributed by atoms with Crippen LogP contribution >= 0.6 is 0 Å². The van der Waals surface area contributed by atoms with E-state index in [1.54, 1.807) is 11.1 Å². The van der Waals surface area contributed by atoms with E-state index in [1.807, 2.05) is 6.08 Å². The molecular weight excluding hydrogens is 1210 g/mol. The molecule has 3 nitrogen and oxygen atoms in total. The number of unbranched alkanes of at least 4 members (excludes halogenated alkanes) is 16. The van der Waals surface area contributed by atoms with Crippen LogP contribution in [0, 0.1) is 13.8 Å². The Morgan fingerprint density at radius 1 is 0.370 bits per heavy atom. The quantitative estimate of drug-likeness (QED) is 0.0373. The Balaban J connectivity index is 0.937. The molecule has 0 unspecified atom stereocenters. The molecule has 516 valence electrons. The van der Waals surface area contributed by atoms with Crippen molar-refractivity contribution in [3.8, 4) is 39.1 Å². The predicted molar refractivity (Wildman–Crippen MR) is 437 cm³/mol. The van der Waals surface area contributed by atoms with Gasteiger partial charge in [0.25, 0.3) is 0 Å². The zero-order chi connectivity index (χ0) is 69.6. The van der Waals surface area contributed by atoms with Crippen LogP contribution in [0.1, 0.15) is 234 Å². The Morgan fingerprint density at radius 2 is 0.810 bits per heavy atom. The Bertz CT molecular complexity index is 4440. The molecule has 0 saturated heterocycles. The summed E-state index contributed by atoms with van der Waals surface area (Å²) in [6.07, 6.45) is 32.0. The second kappa shape index (κ2) is 33.2. The van der Waals surface area contributed by atoms with Crippen LogP contribution in [0.25, 0.3) is 66.9 Å². The van der Waals surface area contributed by atoms with Gasteiger partial charge in [0.05, 0.1) is 11.0 Å². The summed E-state index contributed by atoms with van der Waals surface area (Å²) in [5.74, 6) is 0. The number of aryl methyl sites for hydroxylation is 4. The Kier molecular flexibility index (Phi) is 23.6. The van der Waals surface area contributed by atoms with Crippen LogP contribution in [0.15, 0.2) is 219 Å². The lowest BCUT2D eigenvalue weighted by atomic mass is 9.70. The summed E-state index contributed by atoms with van der Waals surface area (Å²) in [5, 5.41) is 2.78. The smallest absolute Gasteiger partial charge is 0.0547 e. The van der Waals surface area contributed by atoms with Crippen molar-refractivity contribution in [1.29, 1.82) is 0 Å². The minimum Gasteiger partial charge on any atom is -0.311 e. The number of anilines is 6. The number of benzene rings is 10. The Labute approximate surface area is 602 Å². The molecule has 1 heterocycles. The normalized spacial score (nSPS) is 12.5. The van der Waals surface area contributed by atoms with Gasteiger partial charge in [-0.1, -0.05) is 297 Å². The largest absolute Gasteiger partial charge is 0.311 e. The summed E-state index contributed by atoms with van der Waals surface area (Å²) in [4.78, 5) is 4.77. The van der Waals surface area contributed by atoms with Crippen LogP contribution in [0.2, 0.25) is 0 Å². The van der Waals surface area contributed by atoms with E-state index >= 15 is 0 Å². The fraction of sp³-hybridized carbons (Fsp3) is 0.361. The van der Waals surface area contributed by atoms with Gasteiger partial charge >= 0.3 is 0 Å². The molecule has 0 aliphatic heterocycles. The second-order valence-corrected chi connectivity index (χ2v) is 30.4. The van der Waals surface area contributed by atoms with Crippen LogP contribution in [0.5, 0.6) is 0 Å². The lowest BCUT2D eigenvalue weighted by Gasteiger charge is -2.33. The van der Waals surface area contributed by atoms with E-state index in [0.717, 1.165) is 52.5 Å². The van der Waals surface area contributed by atoms with Gasteiger partial charge in [-0.15, -0.1) is 0 Å². The van der Waals surface area contributed by atoms with Crippen molar-refractivity contribution in [3.63, 3.8) is 0 Å². The molecule has 0 fully saturated rings. The topological polar surface area (TPSA) is 11.4 Å². The van der Waals surface area contributed by atoms with Crippen molar-refractivity contribution in [2.24, 2.45) is 0 Å². The molecule has 1 aromatic heterocycles. The number of aromatic nitrogens is 1. The van der Waals surface area contributed by atoms with Gasteiger partial charge in [-0.25, -0.2) is 0 Å². The van der Waals surface area contributed by atoms with E-state index in [4.69, 9.17) is 0 Å². The van der Waals surface area contributed by atoms with E-state index in [1.165, 1.54) is 230 Å². The fourth-order valence-corrected chi connectivity index (χ4v) is 16.3. The maximum absolute atomic E-state index is 4.00. The van der Waals surface area contributed by atoms with Crippen molar-refractivity contribution in [1.82, 2.24) is 4.57 Å². The minimum absolute atomic E-state index is 0.0102. The molecule has 0 bridgehead atoms. The second-order valence-electron chi connectivity index (χ2n) is 30.4. The number of nitrogens with zero attached hydrogens (tertiary/aromatic N) is 3. The number of hydrogen-bond donors (Lipinski definition) is 0. The number of hydrogen-bond acceptors (Lipinski definition) is 2. The van der Waals surface area contributed by atoms with Gasteiger partial charge in [0.15, 0.2) is 0 Å². The average Bonchev–Trinajstić information content (AvgIpc) is 1.54. The van der Waals surface area contributed by atoms with Crippen molar-refractivity contribution in [3.05, 3.63) is 263 Å². The van der Waals surface area contributed by atoms with Gasteiger partial charge in [-0.3, -0.25) is 0 Å². The maximum atomic E-state index is 4.00. The molecule has 0 N–H and O–H groups in total. The van der Waals surface area contributed by atoms with E-state index < -0.39 is 0 Å². The number of rotatable bonds is 34. The third kappa shape index (κ3) is 15.9. The molecule has 1 aliphatic rings. The third-order valence-electron chi connectivity index (χ3n) is 22.1. The van der Waals surface area contributed by atoms with E-state index in [0.29, 0.717) is 0 Å². The zero-order valence-electron chi connectivity index (χ0n) is 62.3. The fourth-order valence-electron chi connectivity index (χ4n) is 16.3. The van der Waals surface area contributed by atoms with Crippen LogP contribution in [0.4, 0.5) is 34.1 Å². The van der Waals surface area contributed by atoms with Gasteiger partial charge in [0, 0.05) is 56.0 Å². The predicted octanol–water partition coefficient (Wildman–Crippen LogP) is 29.6. The highest BCUT2D eigenvalue weighted by atomic mass is 15.1. The first kappa shape index (κ1) is 71.2. The van der Waals surface area contributed by atoms with Gasteiger partial charge in [-0.05, 0) is 228 Å². The summed E-state index contributed by atoms with van der Waals surface area (Å²) in [7, 11) is 0. The highest BCUT2D eigenvalue weighted by molar-refractivity contribution is 6.11. The standard InChI is InChI=1S/C97H113N3/c1-11-16-20-24-26-32-64-97(65-33-27-25-21-17-12-2)91-66-72(7)40-63-86(91)89-70-95-90(69-92(89)97)87-36-30-31-37-93(87)100(95)94-68-77(34-28-22-18-13-3)88(67-78(94)35-29-23-19-14-4)76-47-59-84(60-48-76)99(85-61-49-79(50-62-85)96(8,9)10)83-57-45-75(46-58-83)74-43-55-82(56-44-74)98(80-51-38-71(6)39-52-80)81-53-41-73(15-5)42-54-81/h15,30-31,36-63,66-70H,5,11-14,16-29,32-35,64-65H2,1-4,6-10H3. The number of para-hydroxylation sites is 1. The molecule has 11 aromatic rings. The van der Waals surface area contributed by atoms with Gasteiger partial charge in [0.1, 0.15) is 0 Å². The Hall–Kier alpha value is -8.66. The van der Waals surface area contributed by atoms with Crippen LogP contribution in [-0.2, 0) is 23.7 Å². The number of fused-ring (bicyclic) bond motifs is 6.